The van der Waals surface area contributed by atoms with E-state index >= 15 is 0 Å². The minimum atomic E-state index is -0.123. The summed E-state index contributed by atoms with van der Waals surface area (Å²) >= 11 is 0. The molecule has 0 unspecified atom stereocenters. The van der Waals surface area contributed by atoms with E-state index in [1.54, 1.807) is 30.7 Å². The van der Waals surface area contributed by atoms with Gasteiger partial charge in [-0.3, -0.25) is 9.78 Å². The molecule has 0 bridgehead atoms. The number of aromatic nitrogens is 3. The third kappa shape index (κ3) is 2.44. The Balaban J connectivity index is 1.98. The minimum Gasteiger partial charge on any atom is -0.347 e. The largest absolute Gasteiger partial charge is 0.347 e. The van der Waals surface area contributed by atoms with E-state index in [0.29, 0.717) is 12.1 Å². The molecular weight excluding hydrogens is 204 g/mol. The summed E-state index contributed by atoms with van der Waals surface area (Å²) in [6.07, 6.45) is 4.99. The zero-order valence-electron chi connectivity index (χ0n) is 8.90. The second kappa shape index (κ2) is 4.57. The van der Waals surface area contributed by atoms with Crippen molar-refractivity contribution >= 4 is 5.91 Å². The number of rotatable bonds is 3. The van der Waals surface area contributed by atoms with Gasteiger partial charge in [-0.2, -0.15) is 0 Å². The summed E-state index contributed by atoms with van der Waals surface area (Å²) in [7, 11) is 0. The van der Waals surface area contributed by atoms with Crippen molar-refractivity contribution < 1.29 is 4.79 Å². The first-order chi connectivity index (χ1) is 7.75. The Labute approximate surface area is 92.9 Å². The van der Waals surface area contributed by atoms with Gasteiger partial charge in [-0.15, -0.1) is 0 Å². The first-order valence-corrected chi connectivity index (χ1v) is 4.95. The summed E-state index contributed by atoms with van der Waals surface area (Å²) in [5.74, 6) is 0.612. The van der Waals surface area contributed by atoms with Gasteiger partial charge >= 0.3 is 0 Å². The second-order valence-electron chi connectivity index (χ2n) is 3.40. The highest BCUT2D eigenvalue weighted by molar-refractivity contribution is 5.94. The normalized spacial score (nSPS) is 10.1. The van der Waals surface area contributed by atoms with E-state index in [1.807, 2.05) is 6.92 Å². The smallest absolute Gasteiger partial charge is 0.251 e. The third-order valence-electron chi connectivity index (χ3n) is 2.13. The number of carbonyl (C=O) groups excluding carboxylic acids is 1. The van der Waals surface area contributed by atoms with Crippen LogP contribution in [0.4, 0.5) is 0 Å². The summed E-state index contributed by atoms with van der Waals surface area (Å²) in [6.45, 7) is 2.25. The molecule has 2 aromatic rings. The molecule has 2 rings (SSSR count). The van der Waals surface area contributed by atoms with Gasteiger partial charge in [0.25, 0.3) is 5.91 Å². The third-order valence-corrected chi connectivity index (χ3v) is 2.13. The highest BCUT2D eigenvalue weighted by atomic mass is 16.1. The quantitative estimate of drug-likeness (QED) is 0.805. The van der Waals surface area contributed by atoms with Gasteiger partial charge in [-0.25, -0.2) is 4.98 Å². The summed E-state index contributed by atoms with van der Waals surface area (Å²) in [4.78, 5) is 22.7. The van der Waals surface area contributed by atoms with Gasteiger partial charge in [0.15, 0.2) is 0 Å². The molecular formula is C11H12N4O. The van der Waals surface area contributed by atoms with E-state index in [2.05, 4.69) is 20.3 Å². The van der Waals surface area contributed by atoms with Crippen molar-refractivity contribution in [1.29, 1.82) is 0 Å². The van der Waals surface area contributed by atoms with Crippen molar-refractivity contribution in [2.24, 2.45) is 0 Å². The number of pyridine rings is 1. The molecule has 0 fully saturated rings. The van der Waals surface area contributed by atoms with Crippen LogP contribution in [-0.4, -0.2) is 20.9 Å². The van der Waals surface area contributed by atoms with E-state index in [0.717, 1.165) is 11.5 Å². The Kier molecular flexibility index (Phi) is 2.95. The molecule has 0 aliphatic rings. The monoisotopic (exact) mass is 216 g/mol. The molecule has 1 amide bonds. The fraction of sp³-hybridized carbons (Fsp3) is 0.182. The minimum absolute atomic E-state index is 0.123. The maximum absolute atomic E-state index is 11.7. The van der Waals surface area contributed by atoms with E-state index in [4.69, 9.17) is 0 Å². The molecule has 16 heavy (non-hydrogen) atoms. The molecule has 5 nitrogen and oxygen atoms in total. The number of carbonyl (C=O) groups is 1. The van der Waals surface area contributed by atoms with Crippen molar-refractivity contribution in [2.45, 2.75) is 13.5 Å². The standard InChI is InChI=1S/C11H12N4O/c1-8-6-9(2-3-12-8)11(16)15-7-10-13-4-5-14-10/h2-6H,7H2,1H3,(H,13,14)(H,15,16). The number of amides is 1. The molecule has 2 heterocycles. The summed E-state index contributed by atoms with van der Waals surface area (Å²) in [6, 6.07) is 3.43. The zero-order valence-corrected chi connectivity index (χ0v) is 8.90. The van der Waals surface area contributed by atoms with Crippen LogP contribution in [0.5, 0.6) is 0 Å². The molecule has 0 atom stereocenters. The topological polar surface area (TPSA) is 70.7 Å². The highest BCUT2D eigenvalue weighted by Crippen LogP contribution is 2.00. The van der Waals surface area contributed by atoms with Gasteiger partial charge in [0.1, 0.15) is 5.82 Å². The van der Waals surface area contributed by atoms with Gasteiger partial charge in [0.2, 0.25) is 0 Å². The van der Waals surface area contributed by atoms with Gasteiger partial charge < -0.3 is 10.3 Å². The van der Waals surface area contributed by atoms with E-state index in [-0.39, 0.29) is 5.91 Å². The van der Waals surface area contributed by atoms with Crippen LogP contribution in [-0.2, 0) is 6.54 Å². The number of imidazole rings is 1. The molecule has 0 spiro atoms. The molecule has 82 valence electrons. The lowest BCUT2D eigenvalue weighted by atomic mass is 10.2. The van der Waals surface area contributed by atoms with Crippen molar-refractivity contribution in [3.05, 3.63) is 47.8 Å². The maximum atomic E-state index is 11.7. The fourth-order valence-corrected chi connectivity index (χ4v) is 1.35. The van der Waals surface area contributed by atoms with E-state index in [9.17, 15) is 4.79 Å². The van der Waals surface area contributed by atoms with Crippen LogP contribution in [0, 0.1) is 6.92 Å². The molecule has 5 heteroatoms. The predicted molar refractivity (Wildman–Crippen MR) is 58.7 cm³/mol. The van der Waals surface area contributed by atoms with Crippen molar-refractivity contribution in [2.75, 3.05) is 0 Å². The number of nitrogens with one attached hydrogen (secondary N) is 2. The van der Waals surface area contributed by atoms with E-state index < -0.39 is 0 Å². The van der Waals surface area contributed by atoms with Crippen LogP contribution in [0.1, 0.15) is 21.9 Å². The number of hydrogen-bond acceptors (Lipinski definition) is 3. The zero-order chi connectivity index (χ0) is 11.4. The predicted octanol–water partition coefficient (Wildman–Crippen LogP) is 1.04. The van der Waals surface area contributed by atoms with E-state index in [1.165, 1.54) is 0 Å². The van der Waals surface area contributed by atoms with Crippen LogP contribution < -0.4 is 5.32 Å². The Hall–Kier alpha value is -2.17. The molecule has 2 N–H and O–H groups in total. The Morgan fingerprint density at radius 2 is 2.31 bits per heavy atom. The average Bonchev–Trinajstić information content (AvgIpc) is 2.78. The lowest BCUT2D eigenvalue weighted by Crippen LogP contribution is -2.23. The van der Waals surface area contributed by atoms with Gasteiger partial charge in [0, 0.05) is 29.8 Å². The lowest BCUT2D eigenvalue weighted by molar-refractivity contribution is 0.0949. The fourth-order valence-electron chi connectivity index (χ4n) is 1.35. The van der Waals surface area contributed by atoms with Gasteiger partial charge in [-0.1, -0.05) is 0 Å². The van der Waals surface area contributed by atoms with Gasteiger partial charge in [0.05, 0.1) is 6.54 Å². The Morgan fingerprint density at radius 1 is 1.44 bits per heavy atom. The van der Waals surface area contributed by atoms with Crippen molar-refractivity contribution in [3.8, 4) is 0 Å². The van der Waals surface area contributed by atoms with Gasteiger partial charge in [-0.05, 0) is 19.1 Å². The Bertz CT molecular complexity index is 478. The molecule has 0 aliphatic carbocycles. The van der Waals surface area contributed by atoms with Crippen molar-refractivity contribution in [1.82, 2.24) is 20.3 Å². The van der Waals surface area contributed by atoms with Crippen LogP contribution in [0.3, 0.4) is 0 Å². The number of aromatic amines is 1. The van der Waals surface area contributed by atoms with Crippen LogP contribution in [0.2, 0.25) is 0 Å². The molecule has 0 saturated heterocycles. The lowest BCUT2D eigenvalue weighted by Gasteiger charge is -2.03. The van der Waals surface area contributed by atoms with Crippen LogP contribution in [0.25, 0.3) is 0 Å². The summed E-state index contributed by atoms with van der Waals surface area (Å²) < 4.78 is 0. The number of hydrogen-bond donors (Lipinski definition) is 2. The Morgan fingerprint density at radius 3 is 3.00 bits per heavy atom. The maximum Gasteiger partial charge on any atom is 0.251 e. The first kappa shape index (κ1) is 10.4. The number of aryl methyl sites for hydroxylation is 1. The highest BCUT2D eigenvalue weighted by Gasteiger charge is 2.05. The SMILES string of the molecule is Cc1cc(C(=O)NCc2ncc[nH]2)ccn1. The number of H-pyrrole nitrogens is 1. The molecule has 0 aliphatic heterocycles. The first-order valence-electron chi connectivity index (χ1n) is 4.95. The van der Waals surface area contributed by atoms with Crippen molar-refractivity contribution in [3.63, 3.8) is 0 Å². The average molecular weight is 216 g/mol. The summed E-state index contributed by atoms with van der Waals surface area (Å²) in [5.41, 5.74) is 1.43. The van der Waals surface area contributed by atoms with Crippen LogP contribution >= 0.6 is 0 Å². The molecule has 0 radical (unpaired) electrons. The number of nitrogens with zero attached hydrogens (tertiary/aromatic N) is 2. The summed E-state index contributed by atoms with van der Waals surface area (Å²) in [5, 5.41) is 2.77. The molecule has 0 saturated carbocycles. The second-order valence-corrected chi connectivity index (χ2v) is 3.40. The molecule has 2 aromatic heterocycles. The van der Waals surface area contributed by atoms with Crippen LogP contribution in [0.15, 0.2) is 30.7 Å². The molecule has 0 aromatic carbocycles.